The number of aromatic nitrogens is 3. The highest BCUT2D eigenvalue weighted by molar-refractivity contribution is 5.62. The summed E-state index contributed by atoms with van der Waals surface area (Å²) < 4.78 is 5.23. The first kappa shape index (κ1) is 22.3. The highest BCUT2D eigenvalue weighted by Crippen LogP contribution is 2.50. The molecule has 1 atom stereocenters. The molecule has 0 spiro atoms. The zero-order valence-corrected chi connectivity index (χ0v) is 19.3. The van der Waals surface area contributed by atoms with E-state index in [1.54, 1.807) is 26.2 Å². The number of allylic oxidation sites excluding steroid dienone is 1. The summed E-state index contributed by atoms with van der Waals surface area (Å²) in [5.41, 5.74) is 1.12. The van der Waals surface area contributed by atoms with Crippen LogP contribution in [-0.2, 0) is 11.2 Å². The minimum atomic E-state index is -1.28. The molecule has 1 aliphatic heterocycles. The second-order valence-corrected chi connectivity index (χ2v) is 9.75. The Morgan fingerprint density at radius 1 is 1.12 bits per heavy atom. The van der Waals surface area contributed by atoms with Gasteiger partial charge < -0.3 is 19.6 Å². The van der Waals surface area contributed by atoms with Gasteiger partial charge in [-0.1, -0.05) is 48.5 Å². The summed E-state index contributed by atoms with van der Waals surface area (Å²) in [7, 11) is 2.04. The number of hydrogen-bond donors (Lipinski definition) is 2. The van der Waals surface area contributed by atoms with Gasteiger partial charge in [0.2, 0.25) is 5.82 Å². The molecule has 0 amide bonds. The summed E-state index contributed by atoms with van der Waals surface area (Å²) in [6.07, 6.45) is 3.32. The van der Waals surface area contributed by atoms with E-state index in [1.165, 1.54) is 0 Å². The number of likely N-dealkylation sites (tertiary alicyclic amines) is 1. The molecular weight excluding hydrogens is 404 g/mol. The SMILES string of the molecule is C=C(C)c1ccc(C(O)(c2cncc(-c3noc(C(C)(C)O)n3)c2)C2(C)CN(C)C2)cc1. The van der Waals surface area contributed by atoms with Crippen molar-refractivity contribution in [3.8, 4) is 11.4 Å². The fourth-order valence-electron chi connectivity index (χ4n) is 4.58. The summed E-state index contributed by atoms with van der Waals surface area (Å²) in [5, 5.41) is 26.4. The number of hydrogen-bond acceptors (Lipinski definition) is 7. The minimum absolute atomic E-state index is 0.121. The molecule has 3 aromatic rings. The van der Waals surface area contributed by atoms with Gasteiger partial charge >= 0.3 is 0 Å². The molecule has 1 aromatic carbocycles. The van der Waals surface area contributed by atoms with E-state index in [1.807, 2.05) is 44.3 Å². The van der Waals surface area contributed by atoms with Crippen LogP contribution in [0.2, 0.25) is 0 Å². The Balaban J connectivity index is 1.81. The lowest BCUT2D eigenvalue weighted by molar-refractivity contribution is -0.127. The molecule has 0 radical (unpaired) electrons. The van der Waals surface area contributed by atoms with Gasteiger partial charge in [0.05, 0.1) is 0 Å². The van der Waals surface area contributed by atoms with Crippen LogP contribution >= 0.6 is 0 Å². The van der Waals surface area contributed by atoms with Crippen molar-refractivity contribution in [1.82, 2.24) is 20.0 Å². The van der Waals surface area contributed by atoms with Crippen LogP contribution in [0.15, 0.2) is 53.8 Å². The molecule has 0 aliphatic carbocycles. The van der Waals surface area contributed by atoms with E-state index in [0.29, 0.717) is 17.0 Å². The van der Waals surface area contributed by atoms with E-state index in [2.05, 4.69) is 33.5 Å². The summed E-state index contributed by atoms with van der Waals surface area (Å²) >= 11 is 0. The molecule has 2 aromatic heterocycles. The predicted molar refractivity (Wildman–Crippen MR) is 123 cm³/mol. The fourth-order valence-corrected chi connectivity index (χ4v) is 4.58. The summed E-state index contributed by atoms with van der Waals surface area (Å²) in [4.78, 5) is 10.9. The van der Waals surface area contributed by atoms with Crippen molar-refractivity contribution in [2.75, 3.05) is 20.1 Å². The first-order valence-corrected chi connectivity index (χ1v) is 10.6. The van der Waals surface area contributed by atoms with E-state index < -0.39 is 16.6 Å². The molecule has 7 nitrogen and oxygen atoms in total. The Morgan fingerprint density at radius 2 is 1.78 bits per heavy atom. The molecule has 1 saturated heterocycles. The van der Waals surface area contributed by atoms with Gasteiger partial charge in [-0.25, -0.2) is 0 Å². The van der Waals surface area contributed by atoms with Crippen LogP contribution in [0.1, 0.15) is 50.3 Å². The molecule has 7 heteroatoms. The van der Waals surface area contributed by atoms with Crippen LogP contribution in [-0.4, -0.2) is 50.4 Å². The third-order valence-corrected chi connectivity index (χ3v) is 6.27. The fraction of sp³-hybridized carbons (Fsp3) is 0.400. The van der Waals surface area contributed by atoms with E-state index >= 15 is 0 Å². The summed E-state index contributed by atoms with van der Waals surface area (Å²) in [5.74, 6) is 0.434. The Morgan fingerprint density at radius 3 is 2.31 bits per heavy atom. The first-order valence-electron chi connectivity index (χ1n) is 10.6. The standard InChI is InChI=1S/C25H30N4O3/c1-16(2)17-7-9-19(10-8-17)25(31,24(5)14-29(6)15-24)20-11-18(12-26-13-20)21-27-22(32-28-21)23(3,4)30/h7-13,30-31H,1,14-15H2,2-6H3. The minimum Gasteiger partial charge on any atom is -0.381 e. The highest BCUT2D eigenvalue weighted by Gasteiger charge is 2.55. The summed E-state index contributed by atoms with van der Waals surface area (Å²) in [6.45, 7) is 12.7. The van der Waals surface area contributed by atoms with Crippen LogP contribution in [0, 0.1) is 5.41 Å². The third-order valence-electron chi connectivity index (χ3n) is 6.27. The molecule has 4 rings (SSSR count). The number of nitrogens with zero attached hydrogens (tertiary/aromatic N) is 4. The molecule has 168 valence electrons. The van der Waals surface area contributed by atoms with E-state index in [4.69, 9.17) is 4.52 Å². The van der Waals surface area contributed by atoms with Gasteiger partial charge in [-0.15, -0.1) is 0 Å². The van der Waals surface area contributed by atoms with Crippen molar-refractivity contribution in [2.45, 2.75) is 38.9 Å². The number of benzene rings is 1. The van der Waals surface area contributed by atoms with Gasteiger partial charge in [0.15, 0.2) is 0 Å². The van der Waals surface area contributed by atoms with Crippen molar-refractivity contribution >= 4 is 5.57 Å². The first-order chi connectivity index (χ1) is 14.9. The van der Waals surface area contributed by atoms with Crippen molar-refractivity contribution in [1.29, 1.82) is 0 Å². The monoisotopic (exact) mass is 434 g/mol. The van der Waals surface area contributed by atoms with E-state index in [9.17, 15) is 10.2 Å². The normalized spacial score (nSPS) is 18.1. The van der Waals surface area contributed by atoms with Crippen LogP contribution in [0.25, 0.3) is 17.0 Å². The Hall–Kier alpha value is -2.87. The van der Waals surface area contributed by atoms with Crippen LogP contribution < -0.4 is 0 Å². The lowest BCUT2D eigenvalue weighted by Gasteiger charge is -2.55. The van der Waals surface area contributed by atoms with E-state index in [-0.39, 0.29) is 5.89 Å². The van der Waals surface area contributed by atoms with Crippen molar-refractivity contribution < 1.29 is 14.7 Å². The Bertz CT molecular complexity index is 1140. The largest absolute Gasteiger partial charge is 0.381 e. The van der Waals surface area contributed by atoms with Crippen molar-refractivity contribution in [3.05, 3.63) is 71.9 Å². The van der Waals surface area contributed by atoms with Gasteiger partial charge in [-0.2, -0.15) is 4.98 Å². The highest BCUT2D eigenvalue weighted by atomic mass is 16.5. The van der Waals surface area contributed by atoms with Gasteiger partial charge in [-0.3, -0.25) is 4.98 Å². The van der Waals surface area contributed by atoms with Crippen LogP contribution in [0.3, 0.4) is 0 Å². The average molecular weight is 435 g/mol. The molecule has 3 heterocycles. The number of aliphatic hydroxyl groups is 2. The maximum Gasteiger partial charge on any atom is 0.258 e. The molecule has 32 heavy (non-hydrogen) atoms. The molecule has 1 fully saturated rings. The van der Waals surface area contributed by atoms with Crippen molar-refractivity contribution in [3.63, 3.8) is 0 Å². The third kappa shape index (κ3) is 3.66. The van der Waals surface area contributed by atoms with Crippen molar-refractivity contribution in [2.24, 2.45) is 5.41 Å². The Kier molecular flexibility index (Phi) is 5.32. The van der Waals surface area contributed by atoms with Gasteiger partial charge in [-0.05, 0) is 45.0 Å². The maximum absolute atomic E-state index is 12.3. The molecule has 0 saturated carbocycles. The van der Waals surface area contributed by atoms with Crippen LogP contribution in [0.4, 0.5) is 0 Å². The predicted octanol–water partition coefficient (Wildman–Crippen LogP) is 3.58. The van der Waals surface area contributed by atoms with Gasteiger partial charge in [0, 0.05) is 42.0 Å². The smallest absolute Gasteiger partial charge is 0.258 e. The average Bonchev–Trinajstić information content (AvgIpc) is 3.23. The lowest BCUT2D eigenvalue weighted by Crippen LogP contribution is -2.63. The van der Waals surface area contributed by atoms with Gasteiger partial charge in [0.1, 0.15) is 11.2 Å². The zero-order valence-electron chi connectivity index (χ0n) is 19.3. The number of pyridine rings is 1. The molecular formula is C25H30N4O3. The Labute approximate surface area is 188 Å². The summed E-state index contributed by atoms with van der Waals surface area (Å²) in [6, 6.07) is 9.74. The molecule has 2 N–H and O–H groups in total. The molecule has 1 aliphatic rings. The van der Waals surface area contributed by atoms with E-state index in [0.717, 1.165) is 29.8 Å². The molecule has 1 unspecified atom stereocenters. The van der Waals surface area contributed by atoms with Gasteiger partial charge in [0.25, 0.3) is 5.89 Å². The van der Waals surface area contributed by atoms with Crippen LogP contribution in [0.5, 0.6) is 0 Å². The lowest BCUT2D eigenvalue weighted by atomic mass is 9.62. The number of rotatable bonds is 6. The molecule has 0 bridgehead atoms. The maximum atomic E-state index is 12.3. The quantitative estimate of drug-likeness (QED) is 0.612. The zero-order chi connectivity index (χ0) is 23.3. The second kappa shape index (κ2) is 7.62. The second-order valence-electron chi connectivity index (χ2n) is 9.75. The topological polar surface area (TPSA) is 95.5 Å².